The zero-order valence-electron chi connectivity index (χ0n) is 13.8. The molecule has 4 unspecified atom stereocenters. The van der Waals surface area contributed by atoms with Gasteiger partial charge in [-0.05, 0) is 19.4 Å². The van der Waals surface area contributed by atoms with E-state index in [4.69, 9.17) is 25.3 Å². The van der Waals surface area contributed by atoms with Gasteiger partial charge in [0.05, 0.1) is 6.61 Å². The summed E-state index contributed by atoms with van der Waals surface area (Å²) in [5.74, 6) is 0. The number of hydrogen-bond donors (Lipinski definition) is 7. The van der Waals surface area contributed by atoms with E-state index in [-0.39, 0.29) is 6.42 Å². The van der Waals surface area contributed by atoms with Crippen molar-refractivity contribution in [2.75, 3.05) is 13.2 Å². The molecule has 0 aromatic carbocycles. The SMILES string of the molecule is NCCCCCCOP(=O)(O)OP(=O)(O)OP(=O)(O)OP(=O)(O)OP(=O)(O)O. The number of hydrogen-bond acceptors (Lipinski definition) is 11. The second-order valence-corrected chi connectivity index (χ2v) is 12.3. The molecule has 0 saturated heterocycles. The summed E-state index contributed by atoms with van der Waals surface area (Å²) in [4.78, 5) is 53.1. The maximum absolute atomic E-state index is 11.5. The minimum Gasteiger partial charge on any atom is -0.330 e. The first-order valence-electron chi connectivity index (χ1n) is 6.95. The summed E-state index contributed by atoms with van der Waals surface area (Å²) in [6.45, 7) is 0.0321. The predicted molar refractivity (Wildman–Crippen MR) is 89.2 cm³/mol. The van der Waals surface area contributed by atoms with Gasteiger partial charge in [0.15, 0.2) is 0 Å². The van der Waals surface area contributed by atoms with E-state index in [1.165, 1.54) is 0 Å². The first kappa shape index (κ1) is 28.7. The van der Waals surface area contributed by atoms with Crippen LogP contribution in [0.25, 0.3) is 0 Å². The molecule has 0 amide bonds. The number of unbranched alkanes of at least 4 members (excludes halogenated alkanes) is 3. The van der Waals surface area contributed by atoms with Crippen LogP contribution in [0.5, 0.6) is 0 Å². The third-order valence-electron chi connectivity index (χ3n) is 2.18. The molecule has 0 bridgehead atoms. The van der Waals surface area contributed by atoms with E-state index >= 15 is 0 Å². The highest BCUT2D eigenvalue weighted by molar-refractivity contribution is 7.71. The molecular formula is C6H20NO16P5. The lowest BCUT2D eigenvalue weighted by Gasteiger charge is -2.19. The van der Waals surface area contributed by atoms with E-state index in [1.807, 2.05) is 0 Å². The van der Waals surface area contributed by atoms with Crippen LogP contribution in [0.3, 0.4) is 0 Å². The summed E-state index contributed by atoms with van der Waals surface area (Å²) >= 11 is 0. The molecule has 0 saturated carbocycles. The lowest BCUT2D eigenvalue weighted by Crippen LogP contribution is -2.01. The standard InChI is InChI=1S/C6H20NO16P5/c7-5-3-1-2-4-6-19-25(11,12)21-27(15,16)23-28(17,18)22-26(13,14)20-24(8,9)10/h1-7H2,(H,11,12)(H,13,14)(H,15,16)(H,17,18)(H2,8,9,10). The van der Waals surface area contributed by atoms with Crippen LogP contribution in [0.4, 0.5) is 0 Å². The number of nitrogens with two attached hydrogens (primary N) is 1. The van der Waals surface area contributed by atoms with Crippen LogP contribution in [0.2, 0.25) is 0 Å². The summed E-state index contributed by atoms with van der Waals surface area (Å²) in [5.41, 5.74) is 5.26. The number of rotatable bonds is 15. The maximum atomic E-state index is 11.5. The Morgan fingerprint density at radius 3 is 1.39 bits per heavy atom. The van der Waals surface area contributed by atoms with Crippen molar-refractivity contribution in [3.8, 4) is 0 Å². The fraction of sp³-hybridized carbons (Fsp3) is 1.00. The lowest BCUT2D eigenvalue weighted by molar-refractivity contribution is 0.167. The number of phosphoric acid groups is 5. The molecule has 28 heavy (non-hydrogen) atoms. The van der Waals surface area contributed by atoms with Crippen molar-refractivity contribution in [2.45, 2.75) is 25.7 Å². The molecule has 17 nitrogen and oxygen atoms in total. The molecule has 0 aliphatic heterocycles. The summed E-state index contributed by atoms with van der Waals surface area (Å²) in [7, 11) is -28.9. The van der Waals surface area contributed by atoms with Gasteiger partial charge in [-0.2, -0.15) is 17.2 Å². The molecule has 170 valence electrons. The minimum absolute atomic E-state index is 0.236. The van der Waals surface area contributed by atoms with Gasteiger partial charge in [-0.1, -0.05) is 12.8 Å². The molecule has 0 aromatic heterocycles. The van der Waals surface area contributed by atoms with Crippen LogP contribution in [-0.2, 0) is 44.6 Å². The van der Waals surface area contributed by atoms with Gasteiger partial charge in [-0.25, -0.2) is 22.8 Å². The van der Waals surface area contributed by atoms with Crippen LogP contribution < -0.4 is 5.73 Å². The quantitative estimate of drug-likeness (QED) is 0.118. The Labute approximate surface area is 158 Å². The Bertz CT molecular complexity index is 731. The highest BCUT2D eigenvalue weighted by atomic mass is 31.3. The highest BCUT2D eigenvalue weighted by Gasteiger charge is 2.47. The average molecular weight is 517 g/mol. The van der Waals surface area contributed by atoms with E-state index in [9.17, 15) is 32.6 Å². The normalized spacial score (nSPS) is 21.2. The van der Waals surface area contributed by atoms with Gasteiger partial charge in [0.1, 0.15) is 0 Å². The van der Waals surface area contributed by atoms with Crippen LogP contribution in [0.15, 0.2) is 0 Å². The molecule has 22 heteroatoms. The first-order chi connectivity index (χ1) is 12.4. The monoisotopic (exact) mass is 517 g/mol. The third kappa shape index (κ3) is 15.5. The van der Waals surface area contributed by atoms with Gasteiger partial charge in [-0.3, -0.25) is 4.52 Å². The zero-order chi connectivity index (χ0) is 22.3. The molecule has 4 atom stereocenters. The van der Waals surface area contributed by atoms with Gasteiger partial charge in [0.2, 0.25) is 0 Å². The van der Waals surface area contributed by atoms with Crippen molar-refractivity contribution < 1.29 is 74.0 Å². The Morgan fingerprint density at radius 2 is 0.964 bits per heavy atom. The van der Waals surface area contributed by atoms with Gasteiger partial charge in [0, 0.05) is 0 Å². The van der Waals surface area contributed by atoms with Gasteiger partial charge in [0.25, 0.3) is 0 Å². The Morgan fingerprint density at radius 1 is 0.571 bits per heavy atom. The van der Waals surface area contributed by atoms with E-state index in [1.54, 1.807) is 0 Å². The van der Waals surface area contributed by atoms with Crippen molar-refractivity contribution in [3.63, 3.8) is 0 Å². The van der Waals surface area contributed by atoms with Gasteiger partial charge >= 0.3 is 39.1 Å². The fourth-order valence-electron chi connectivity index (χ4n) is 1.37. The van der Waals surface area contributed by atoms with Crippen LogP contribution in [0, 0.1) is 0 Å². The van der Waals surface area contributed by atoms with Crippen molar-refractivity contribution in [2.24, 2.45) is 5.73 Å². The van der Waals surface area contributed by atoms with E-state index in [0.29, 0.717) is 25.8 Å². The minimum atomic E-state index is -6.07. The molecule has 0 rings (SSSR count). The molecule has 0 radical (unpaired) electrons. The van der Waals surface area contributed by atoms with Crippen molar-refractivity contribution in [1.82, 2.24) is 0 Å². The summed E-state index contributed by atoms with van der Waals surface area (Å²) < 4.78 is 73.9. The smallest absolute Gasteiger partial charge is 0.330 e. The molecule has 8 N–H and O–H groups in total. The Kier molecular flexibility index (Phi) is 11.6. The van der Waals surface area contributed by atoms with Crippen LogP contribution in [-0.4, -0.2) is 42.5 Å². The van der Waals surface area contributed by atoms with Crippen molar-refractivity contribution in [1.29, 1.82) is 0 Å². The lowest BCUT2D eigenvalue weighted by atomic mass is 10.2. The van der Waals surface area contributed by atoms with Crippen LogP contribution in [0.1, 0.15) is 25.7 Å². The van der Waals surface area contributed by atoms with Crippen molar-refractivity contribution in [3.05, 3.63) is 0 Å². The summed E-state index contributed by atoms with van der Waals surface area (Å²) in [6.07, 6.45) is 2.15. The van der Waals surface area contributed by atoms with Crippen molar-refractivity contribution >= 4 is 39.1 Å². The molecule has 0 spiro atoms. The molecular weight excluding hydrogens is 497 g/mol. The van der Waals surface area contributed by atoms with E-state index < -0.39 is 45.7 Å². The Balaban J connectivity index is 4.77. The first-order valence-corrected chi connectivity index (χ1v) is 14.5. The van der Waals surface area contributed by atoms with E-state index in [2.05, 4.69) is 21.8 Å². The van der Waals surface area contributed by atoms with Crippen LogP contribution >= 0.6 is 39.1 Å². The molecule has 0 aliphatic rings. The third-order valence-corrected chi connectivity index (χ3v) is 9.32. The van der Waals surface area contributed by atoms with E-state index in [0.717, 1.165) is 0 Å². The predicted octanol–water partition coefficient (Wildman–Crippen LogP) is 1.08. The second-order valence-electron chi connectivity index (χ2n) is 4.73. The molecule has 0 aromatic rings. The molecule has 0 aliphatic carbocycles. The largest absolute Gasteiger partial charge is 0.490 e. The average Bonchev–Trinajstić information content (AvgIpc) is 2.35. The molecule has 0 heterocycles. The maximum Gasteiger partial charge on any atom is 0.490 e. The molecule has 0 fully saturated rings. The summed E-state index contributed by atoms with van der Waals surface area (Å²) in [5, 5.41) is 0. The topological polar surface area (TPSA) is 279 Å². The Hall–Kier alpha value is 0.670. The second kappa shape index (κ2) is 11.3. The zero-order valence-corrected chi connectivity index (χ0v) is 18.3. The van der Waals surface area contributed by atoms with Gasteiger partial charge in [-0.15, -0.1) is 0 Å². The fourth-order valence-corrected chi connectivity index (χ4v) is 7.29. The summed E-state index contributed by atoms with van der Waals surface area (Å²) in [6, 6.07) is 0. The van der Waals surface area contributed by atoms with Gasteiger partial charge < -0.3 is 35.1 Å². The highest BCUT2D eigenvalue weighted by Crippen LogP contribution is 2.73. The number of phosphoric ester groups is 1.